The number of amides is 1. The third kappa shape index (κ3) is 4.23. The third-order valence-electron chi connectivity index (χ3n) is 3.03. The number of hydrogen-bond acceptors (Lipinski definition) is 3. The SMILES string of the molecule is Cc1cc(C(=O)NCCc2ccco2)ccc1C#CCO. The smallest absolute Gasteiger partial charge is 0.251 e. The van der Waals surface area contributed by atoms with Crippen molar-refractivity contribution in [1.29, 1.82) is 0 Å². The number of carbonyl (C=O) groups excluding carboxylic acids is 1. The molecule has 4 heteroatoms. The van der Waals surface area contributed by atoms with Gasteiger partial charge in [-0.2, -0.15) is 0 Å². The van der Waals surface area contributed by atoms with E-state index in [9.17, 15) is 4.79 Å². The number of aliphatic hydroxyl groups is 1. The standard InChI is InChI=1S/C17H17NO3/c1-13-12-15(7-6-14(13)4-2-10-19)17(20)18-9-8-16-5-3-11-21-16/h3,5-7,11-12,19H,8-10H2,1H3,(H,18,20). The zero-order valence-electron chi connectivity index (χ0n) is 11.8. The first-order chi connectivity index (χ1) is 10.2. The Labute approximate surface area is 123 Å². The minimum Gasteiger partial charge on any atom is -0.469 e. The summed E-state index contributed by atoms with van der Waals surface area (Å²) in [7, 11) is 0. The van der Waals surface area contributed by atoms with Crippen LogP contribution in [0.1, 0.15) is 27.2 Å². The topological polar surface area (TPSA) is 62.5 Å². The molecule has 1 heterocycles. The van der Waals surface area contributed by atoms with Crippen molar-refractivity contribution in [3.8, 4) is 11.8 Å². The maximum absolute atomic E-state index is 12.0. The van der Waals surface area contributed by atoms with Crippen LogP contribution in [0.15, 0.2) is 41.0 Å². The number of carbonyl (C=O) groups is 1. The second kappa shape index (κ2) is 7.32. The van der Waals surface area contributed by atoms with Gasteiger partial charge in [0.15, 0.2) is 0 Å². The lowest BCUT2D eigenvalue weighted by Gasteiger charge is -2.06. The van der Waals surface area contributed by atoms with Crippen LogP contribution in [0.4, 0.5) is 0 Å². The molecule has 21 heavy (non-hydrogen) atoms. The number of hydrogen-bond donors (Lipinski definition) is 2. The van der Waals surface area contributed by atoms with Crippen molar-refractivity contribution in [3.63, 3.8) is 0 Å². The third-order valence-corrected chi connectivity index (χ3v) is 3.03. The summed E-state index contributed by atoms with van der Waals surface area (Å²) in [5.74, 6) is 6.17. The van der Waals surface area contributed by atoms with Crippen LogP contribution in [0.3, 0.4) is 0 Å². The van der Waals surface area contributed by atoms with Crippen LogP contribution in [0, 0.1) is 18.8 Å². The minimum atomic E-state index is -0.172. The molecule has 0 saturated heterocycles. The van der Waals surface area contributed by atoms with Gasteiger partial charge in [-0.15, -0.1) is 0 Å². The van der Waals surface area contributed by atoms with E-state index >= 15 is 0 Å². The predicted molar refractivity (Wildman–Crippen MR) is 79.9 cm³/mol. The Hall–Kier alpha value is -2.51. The minimum absolute atomic E-state index is 0.119. The van der Waals surface area contributed by atoms with Crippen LogP contribution in [0.25, 0.3) is 0 Å². The number of rotatable bonds is 4. The molecule has 0 spiro atoms. The Kier molecular flexibility index (Phi) is 5.19. The Morgan fingerprint density at radius 2 is 2.24 bits per heavy atom. The Morgan fingerprint density at radius 3 is 2.90 bits per heavy atom. The number of aryl methyl sites for hydroxylation is 1. The fourth-order valence-electron chi connectivity index (χ4n) is 1.94. The summed E-state index contributed by atoms with van der Waals surface area (Å²) < 4.78 is 5.21. The Balaban J connectivity index is 1.94. The highest BCUT2D eigenvalue weighted by Crippen LogP contribution is 2.10. The van der Waals surface area contributed by atoms with Crippen molar-refractivity contribution >= 4 is 5.91 Å². The first kappa shape index (κ1) is 14.9. The summed E-state index contributed by atoms with van der Waals surface area (Å²) in [4.78, 5) is 12.0. The molecule has 0 bridgehead atoms. The molecule has 0 radical (unpaired) electrons. The molecule has 1 amide bonds. The highest BCUT2D eigenvalue weighted by molar-refractivity contribution is 5.94. The fourth-order valence-corrected chi connectivity index (χ4v) is 1.94. The molecule has 0 fully saturated rings. The molecule has 1 aromatic heterocycles. The molecular weight excluding hydrogens is 266 g/mol. The molecule has 0 saturated carbocycles. The highest BCUT2D eigenvalue weighted by atomic mass is 16.3. The van der Waals surface area contributed by atoms with E-state index in [1.54, 1.807) is 24.5 Å². The molecule has 0 aliphatic carbocycles. The van der Waals surface area contributed by atoms with Crippen LogP contribution in [-0.2, 0) is 6.42 Å². The molecule has 2 rings (SSSR count). The average Bonchev–Trinajstić information content (AvgIpc) is 2.99. The molecule has 2 N–H and O–H groups in total. The van der Waals surface area contributed by atoms with Gasteiger partial charge in [0.1, 0.15) is 12.4 Å². The van der Waals surface area contributed by atoms with Crippen LogP contribution in [0.5, 0.6) is 0 Å². The van der Waals surface area contributed by atoms with Crippen molar-refractivity contribution in [2.75, 3.05) is 13.2 Å². The van der Waals surface area contributed by atoms with E-state index in [-0.39, 0.29) is 12.5 Å². The van der Waals surface area contributed by atoms with Gasteiger partial charge in [0.25, 0.3) is 5.91 Å². The fraction of sp³-hybridized carbons (Fsp3) is 0.235. The summed E-state index contributed by atoms with van der Waals surface area (Å²) in [5.41, 5.74) is 2.33. The average molecular weight is 283 g/mol. The zero-order valence-corrected chi connectivity index (χ0v) is 11.8. The van der Waals surface area contributed by atoms with Gasteiger partial charge in [0.2, 0.25) is 0 Å². The summed E-state index contributed by atoms with van der Waals surface area (Å²) >= 11 is 0. The van der Waals surface area contributed by atoms with E-state index in [2.05, 4.69) is 17.2 Å². The molecule has 108 valence electrons. The molecule has 2 aromatic rings. The number of nitrogens with one attached hydrogen (secondary N) is 1. The van der Waals surface area contributed by atoms with Gasteiger partial charge >= 0.3 is 0 Å². The highest BCUT2D eigenvalue weighted by Gasteiger charge is 2.07. The van der Waals surface area contributed by atoms with Gasteiger partial charge in [-0.25, -0.2) is 0 Å². The van der Waals surface area contributed by atoms with E-state index < -0.39 is 0 Å². The maximum atomic E-state index is 12.0. The number of benzene rings is 1. The number of furan rings is 1. The molecule has 4 nitrogen and oxygen atoms in total. The summed E-state index contributed by atoms with van der Waals surface area (Å²) in [6.45, 7) is 2.24. The number of aliphatic hydroxyl groups excluding tert-OH is 1. The summed E-state index contributed by atoms with van der Waals surface area (Å²) in [6.07, 6.45) is 2.28. The first-order valence-electron chi connectivity index (χ1n) is 6.71. The van der Waals surface area contributed by atoms with Crippen LogP contribution in [0.2, 0.25) is 0 Å². The van der Waals surface area contributed by atoms with Crippen LogP contribution < -0.4 is 5.32 Å². The van der Waals surface area contributed by atoms with E-state index in [0.29, 0.717) is 18.5 Å². The zero-order chi connectivity index (χ0) is 15.1. The van der Waals surface area contributed by atoms with E-state index in [1.165, 1.54) is 0 Å². The first-order valence-corrected chi connectivity index (χ1v) is 6.71. The van der Waals surface area contributed by atoms with E-state index in [4.69, 9.17) is 9.52 Å². The van der Waals surface area contributed by atoms with Gasteiger partial charge in [-0.1, -0.05) is 11.8 Å². The van der Waals surface area contributed by atoms with E-state index in [0.717, 1.165) is 16.9 Å². The monoisotopic (exact) mass is 283 g/mol. The molecule has 1 aromatic carbocycles. The normalized spacial score (nSPS) is 9.81. The van der Waals surface area contributed by atoms with Gasteiger partial charge in [0, 0.05) is 24.1 Å². The van der Waals surface area contributed by atoms with Crippen LogP contribution >= 0.6 is 0 Å². The maximum Gasteiger partial charge on any atom is 0.251 e. The van der Waals surface area contributed by atoms with Gasteiger partial charge < -0.3 is 14.8 Å². The largest absolute Gasteiger partial charge is 0.469 e. The quantitative estimate of drug-likeness (QED) is 0.842. The van der Waals surface area contributed by atoms with Crippen LogP contribution in [-0.4, -0.2) is 24.2 Å². The van der Waals surface area contributed by atoms with Crippen molar-refractivity contribution in [3.05, 3.63) is 59.0 Å². The lowest BCUT2D eigenvalue weighted by molar-refractivity contribution is 0.0953. The van der Waals surface area contributed by atoms with Gasteiger partial charge in [-0.3, -0.25) is 4.79 Å². The Bertz CT molecular complexity index is 663. The Morgan fingerprint density at radius 1 is 1.38 bits per heavy atom. The second-order valence-electron chi connectivity index (χ2n) is 4.57. The van der Waals surface area contributed by atoms with Crippen molar-refractivity contribution in [2.45, 2.75) is 13.3 Å². The predicted octanol–water partition coefficient (Wildman–Crippen LogP) is 1.90. The molecule has 0 atom stereocenters. The van der Waals surface area contributed by atoms with Crippen molar-refractivity contribution in [1.82, 2.24) is 5.32 Å². The molecule has 0 aliphatic heterocycles. The molecule has 0 aliphatic rings. The van der Waals surface area contributed by atoms with Gasteiger partial charge in [-0.05, 0) is 42.8 Å². The van der Waals surface area contributed by atoms with Crippen molar-refractivity contribution in [2.24, 2.45) is 0 Å². The molecule has 0 unspecified atom stereocenters. The van der Waals surface area contributed by atoms with E-state index in [1.807, 2.05) is 19.1 Å². The van der Waals surface area contributed by atoms with Crippen molar-refractivity contribution < 1.29 is 14.3 Å². The summed E-state index contributed by atoms with van der Waals surface area (Å²) in [6, 6.07) is 9.03. The molecular formula is C17H17NO3. The lowest BCUT2D eigenvalue weighted by atomic mass is 10.0. The second-order valence-corrected chi connectivity index (χ2v) is 4.57. The lowest BCUT2D eigenvalue weighted by Crippen LogP contribution is -2.25. The van der Waals surface area contributed by atoms with Gasteiger partial charge in [0.05, 0.1) is 6.26 Å². The summed E-state index contributed by atoms with van der Waals surface area (Å²) in [5, 5.41) is 11.5.